The summed E-state index contributed by atoms with van der Waals surface area (Å²) in [6.07, 6.45) is 1.80. The summed E-state index contributed by atoms with van der Waals surface area (Å²) in [4.78, 5) is 22.0. The largest absolute Gasteiger partial charge is 0.497 e. The van der Waals surface area contributed by atoms with E-state index in [0.717, 1.165) is 12.8 Å². The molecular formula is C35H34F2N4O6. The van der Waals surface area contributed by atoms with E-state index in [-0.39, 0.29) is 17.3 Å². The van der Waals surface area contributed by atoms with Gasteiger partial charge in [0.1, 0.15) is 34.6 Å². The first kappa shape index (κ1) is 31.5. The number of hydroxylamine groups is 1. The van der Waals surface area contributed by atoms with E-state index >= 15 is 8.78 Å². The number of hydrogen-bond donors (Lipinski definition) is 3. The Morgan fingerprint density at radius 1 is 0.809 bits per heavy atom. The Hall–Kier alpha value is -5.49. The summed E-state index contributed by atoms with van der Waals surface area (Å²) in [5, 5.41) is 3.21. The van der Waals surface area contributed by atoms with Crippen LogP contribution >= 0.6 is 0 Å². The molecule has 12 heteroatoms. The molecule has 0 unspecified atom stereocenters. The van der Waals surface area contributed by atoms with Gasteiger partial charge in [0.15, 0.2) is 5.75 Å². The predicted octanol–water partition coefficient (Wildman–Crippen LogP) is 7.80. The van der Waals surface area contributed by atoms with Crippen molar-refractivity contribution >= 4 is 34.0 Å². The number of methoxy groups -OCH3 is 4. The maximum atomic E-state index is 15.7. The van der Waals surface area contributed by atoms with E-state index in [4.69, 9.17) is 18.9 Å². The molecule has 0 radical (unpaired) electrons. The second kappa shape index (κ2) is 13.1. The van der Waals surface area contributed by atoms with Crippen LogP contribution in [0.3, 0.4) is 0 Å². The van der Waals surface area contributed by atoms with Crippen molar-refractivity contribution in [3.63, 3.8) is 0 Å². The molecule has 1 heterocycles. The Labute approximate surface area is 270 Å². The number of rotatable bonds is 11. The van der Waals surface area contributed by atoms with Gasteiger partial charge in [-0.25, -0.2) is 19.1 Å². The molecule has 1 aromatic heterocycles. The molecular weight excluding hydrogens is 610 g/mol. The molecule has 3 N–H and O–H groups in total. The Kier molecular flexibility index (Phi) is 8.77. The highest BCUT2D eigenvalue weighted by molar-refractivity contribution is 6.06. The number of nitrogens with one attached hydrogen (secondary N) is 3. The average molecular weight is 645 g/mol. The molecule has 6 rings (SSSR count). The lowest BCUT2D eigenvalue weighted by molar-refractivity contribution is 0.114. The van der Waals surface area contributed by atoms with Gasteiger partial charge in [-0.1, -0.05) is 6.07 Å². The number of nitrogens with zero attached hydrogens (tertiary/aromatic N) is 1. The van der Waals surface area contributed by atoms with Crippen LogP contribution in [-0.2, 0) is 4.84 Å². The van der Waals surface area contributed by atoms with Crippen molar-refractivity contribution in [3.8, 4) is 45.4 Å². The fourth-order valence-electron chi connectivity index (χ4n) is 5.81. The maximum absolute atomic E-state index is 15.7. The van der Waals surface area contributed by atoms with Gasteiger partial charge in [0, 0.05) is 45.6 Å². The highest BCUT2D eigenvalue weighted by atomic mass is 19.1. The lowest BCUT2D eigenvalue weighted by atomic mass is 9.99. The predicted molar refractivity (Wildman–Crippen MR) is 176 cm³/mol. The van der Waals surface area contributed by atoms with Crippen LogP contribution in [-0.4, -0.2) is 52.6 Å². The number of amides is 2. The topological polar surface area (TPSA) is 106 Å². The zero-order chi connectivity index (χ0) is 33.2. The molecule has 4 aromatic carbocycles. The summed E-state index contributed by atoms with van der Waals surface area (Å²) in [5.41, 5.74) is 5.79. The van der Waals surface area contributed by atoms with Gasteiger partial charge < -0.3 is 34.1 Å². The molecule has 1 aliphatic carbocycles. The van der Waals surface area contributed by atoms with E-state index in [1.807, 2.05) is 30.3 Å². The number of urea groups is 1. The van der Waals surface area contributed by atoms with Crippen LogP contribution in [0.5, 0.6) is 23.0 Å². The number of carbonyl (C=O) groups is 1. The quantitative estimate of drug-likeness (QED) is 0.126. The van der Waals surface area contributed by atoms with Gasteiger partial charge in [0.25, 0.3) is 0 Å². The second-order valence-corrected chi connectivity index (χ2v) is 10.9. The molecule has 0 saturated heterocycles. The van der Waals surface area contributed by atoms with Crippen molar-refractivity contribution < 1.29 is 37.4 Å². The molecule has 0 bridgehead atoms. The van der Waals surface area contributed by atoms with Crippen molar-refractivity contribution in [2.24, 2.45) is 0 Å². The van der Waals surface area contributed by atoms with Gasteiger partial charge >= 0.3 is 6.03 Å². The lowest BCUT2D eigenvalue weighted by Gasteiger charge is -2.30. The summed E-state index contributed by atoms with van der Waals surface area (Å²) >= 11 is 0. The number of para-hydroxylation sites is 1. The van der Waals surface area contributed by atoms with Crippen molar-refractivity contribution in [1.82, 2.24) is 10.5 Å². The number of carbonyl (C=O) groups excluding carboxylic acids is 1. The molecule has 1 aliphatic rings. The van der Waals surface area contributed by atoms with Gasteiger partial charge in [-0.05, 0) is 67.4 Å². The standard InChI is InChI=1S/C35H34F2N4O6/c1-43-21-12-14-22(27(37)16-21)24-18-29(41(20-10-11-20)33-30(44-2)7-6-8-31(33)45-3)25-17-28(39-32(25)34(24)46-4)23-13-9-19(15-26(23)36)38-35(42)40-47-5/h6-9,12-18,20,39H,10-11H2,1-5H3,(H2,38,40,42). The van der Waals surface area contributed by atoms with Crippen molar-refractivity contribution in [3.05, 3.63) is 78.4 Å². The Bertz CT molecular complexity index is 1940. The molecule has 1 fully saturated rings. The molecule has 0 spiro atoms. The fraction of sp³-hybridized carbons (Fsp3) is 0.229. The molecule has 0 aliphatic heterocycles. The van der Waals surface area contributed by atoms with Crippen LogP contribution in [0.2, 0.25) is 0 Å². The molecule has 5 aromatic rings. The third kappa shape index (κ3) is 5.95. The van der Waals surface area contributed by atoms with Gasteiger partial charge in [-0.15, -0.1) is 0 Å². The number of H-pyrrole nitrogens is 1. The van der Waals surface area contributed by atoms with Crippen LogP contribution in [0.15, 0.2) is 66.7 Å². The normalized spacial score (nSPS) is 12.5. The second-order valence-electron chi connectivity index (χ2n) is 10.9. The molecule has 2 amide bonds. The highest BCUT2D eigenvalue weighted by Crippen LogP contribution is 2.52. The van der Waals surface area contributed by atoms with E-state index in [1.54, 1.807) is 38.5 Å². The minimum Gasteiger partial charge on any atom is -0.497 e. The molecule has 1 saturated carbocycles. The number of aromatic amines is 1. The minimum atomic E-state index is -0.648. The van der Waals surface area contributed by atoms with Crippen molar-refractivity contribution in [2.45, 2.75) is 18.9 Å². The number of halogens is 2. The highest BCUT2D eigenvalue weighted by Gasteiger charge is 2.36. The van der Waals surface area contributed by atoms with Gasteiger partial charge in [-0.2, -0.15) is 0 Å². The van der Waals surface area contributed by atoms with Crippen molar-refractivity contribution in [2.75, 3.05) is 45.8 Å². The summed E-state index contributed by atoms with van der Waals surface area (Å²) in [6.45, 7) is 0. The number of ether oxygens (including phenoxy) is 4. The first-order valence-corrected chi connectivity index (χ1v) is 14.8. The Balaban J connectivity index is 1.61. The van der Waals surface area contributed by atoms with E-state index in [9.17, 15) is 4.79 Å². The van der Waals surface area contributed by atoms with Gasteiger partial charge in [0.05, 0.1) is 46.8 Å². The van der Waals surface area contributed by atoms with Crippen LogP contribution in [0.4, 0.5) is 30.6 Å². The van der Waals surface area contributed by atoms with E-state index in [1.165, 1.54) is 33.5 Å². The Morgan fingerprint density at radius 2 is 1.51 bits per heavy atom. The first-order chi connectivity index (χ1) is 22.8. The summed E-state index contributed by atoms with van der Waals surface area (Å²) in [7, 11) is 7.47. The number of anilines is 3. The molecule has 0 atom stereocenters. The van der Waals surface area contributed by atoms with Crippen LogP contribution in [0.1, 0.15) is 12.8 Å². The number of aromatic nitrogens is 1. The fourth-order valence-corrected chi connectivity index (χ4v) is 5.81. The van der Waals surface area contributed by atoms with E-state index in [2.05, 4.69) is 25.5 Å². The van der Waals surface area contributed by atoms with Crippen LogP contribution in [0.25, 0.3) is 33.3 Å². The van der Waals surface area contributed by atoms with Crippen LogP contribution < -0.4 is 34.6 Å². The average Bonchev–Trinajstić information content (AvgIpc) is 3.81. The first-order valence-electron chi connectivity index (χ1n) is 14.8. The third-order valence-corrected chi connectivity index (χ3v) is 8.04. The number of hydrogen-bond acceptors (Lipinski definition) is 7. The summed E-state index contributed by atoms with van der Waals surface area (Å²) < 4.78 is 54.2. The van der Waals surface area contributed by atoms with E-state index < -0.39 is 17.7 Å². The molecule has 244 valence electrons. The maximum Gasteiger partial charge on any atom is 0.343 e. The number of benzene rings is 4. The zero-order valence-corrected chi connectivity index (χ0v) is 26.5. The SMILES string of the molecule is CONC(=O)Nc1ccc(-c2cc3c(N(c4c(OC)cccc4OC)C4CC4)cc(-c4ccc(OC)cc4F)c(OC)c3[nH]2)c(F)c1. The van der Waals surface area contributed by atoms with Crippen molar-refractivity contribution in [1.29, 1.82) is 0 Å². The van der Waals surface area contributed by atoms with Crippen LogP contribution in [0, 0.1) is 11.6 Å². The van der Waals surface area contributed by atoms with E-state index in [0.29, 0.717) is 62.1 Å². The Morgan fingerprint density at radius 3 is 2.11 bits per heavy atom. The molecule has 10 nitrogen and oxygen atoms in total. The van der Waals surface area contributed by atoms with Gasteiger partial charge in [-0.3, -0.25) is 4.84 Å². The van der Waals surface area contributed by atoms with Gasteiger partial charge in [0.2, 0.25) is 0 Å². The zero-order valence-electron chi connectivity index (χ0n) is 26.5. The molecule has 47 heavy (non-hydrogen) atoms. The summed E-state index contributed by atoms with van der Waals surface area (Å²) in [6, 6.07) is 17.7. The lowest BCUT2D eigenvalue weighted by Crippen LogP contribution is -2.27. The number of fused-ring (bicyclic) bond motifs is 1. The smallest absolute Gasteiger partial charge is 0.343 e. The third-order valence-electron chi connectivity index (χ3n) is 8.04. The minimum absolute atomic E-state index is 0.0871. The monoisotopic (exact) mass is 644 g/mol. The summed E-state index contributed by atoms with van der Waals surface area (Å²) in [5.74, 6) is 0.856.